The molecule has 0 spiro atoms. The number of esters is 3. The molecule has 0 saturated carbocycles. The predicted octanol–water partition coefficient (Wildman–Crippen LogP) is 32.1. The SMILES string of the molecule is CC/C=C\C/C=C\C/C=C\C/C=C\C/C=C\C/C=C\CCCCCCCCCCCCCCCCC(=O)OCC(O)COP(=O)(O)OCC(O)COP(=O)(O)OCC(COC(=O)CCCCCCCCCCCCCCCCC/C=C\C/C=C\C/C=C\C/C=C\C/C=C\CC)OC(=O)CCCCCCCCCCCCC/C=C\C/C=C\C/C=C\C/C=C\C/C=C\CC. The quantitative estimate of drug-likeness (QED) is 0.0146. The van der Waals surface area contributed by atoms with E-state index in [-0.39, 0.29) is 19.3 Å². The number of unbranched alkanes of at least 4 members (excludes halogenated alkanes) is 40. The molecule has 0 aliphatic heterocycles. The molecular formula is C109H184O16P2. The Bertz CT molecular complexity index is 3090. The van der Waals surface area contributed by atoms with Gasteiger partial charge in [-0.15, -0.1) is 0 Å². The van der Waals surface area contributed by atoms with Gasteiger partial charge in [0, 0.05) is 19.3 Å². The Hall–Kier alpha value is -5.61. The summed E-state index contributed by atoms with van der Waals surface area (Å²) in [6.07, 6.45) is 133. The minimum atomic E-state index is -4.95. The minimum absolute atomic E-state index is 0.0965. The maximum absolute atomic E-state index is 13.1. The van der Waals surface area contributed by atoms with Crippen molar-refractivity contribution >= 4 is 33.6 Å². The third kappa shape index (κ3) is 101. The van der Waals surface area contributed by atoms with Gasteiger partial charge in [-0.1, -0.05) is 434 Å². The number of ether oxygens (including phenoxy) is 3. The second-order valence-electron chi connectivity index (χ2n) is 33.5. The largest absolute Gasteiger partial charge is 0.472 e. The second-order valence-corrected chi connectivity index (χ2v) is 36.4. The highest BCUT2D eigenvalue weighted by molar-refractivity contribution is 7.47. The van der Waals surface area contributed by atoms with Crippen LogP contribution in [-0.4, -0.2) is 95.9 Å². The summed E-state index contributed by atoms with van der Waals surface area (Å²) in [5.41, 5.74) is 0. The zero-order valence-corrected chi connectivity index (χ0v) is 82.2. The Kier molecular flexibility index (Phi) is 95.0. The fourth-order valence-electron chi connectivity index (χ4n) is 13.8. The molecule has 5 atom stereocenters. The van der Waals surface area contributed by atoms with Crippen LogP contribution in [0, 0.1) is 0 Å². The summed E-state index contributed by atoms with van der Waals surface area (Å²) in [4.78, 5) is 59.2. The van der Waals surface area contributed by atoms with Crippen LogP contribution in [0.3, 0.4) is 0 Å². The van der Waals surface area contributed by atoms with Gasteiger partial charge in [0.2, 0.25) is 0 Å². The van der Waals surface area contributed by atoms with E-state index in [2.05, 4.69) is 215 Å². The van der Waals surface area contributed by atoms with E-state index in [0.717, 1.165) is 180 Å². The highest BCUT2D eigenvalue weighted by Gasteiger charge is 2.30. The number of hydrogen-bond acceptors (Lipinski definition) is 14. The van der Waals surface area contributed by atoms with E-state index in [4.69, 9.17) is 32.3 Å². The summed E-state index contributed by atoms with van der Waals surface area (Å²) in [5, 5.41) is 20.8. The molecule has 5 unspecified atom stereocenters. The number of phosphoric acid groups is 2. The standard InChI is InChI=1S/C109H184O16P2/c1-4-7-10-13-16-19-22-25-28-31-34-37-40-43-46-48-50-51-53-55-57-59-62-65-68-71-74-77-80-83-86-89-92-95-107(112)119-98-104(110)99-121-126(115,116)122-100-105(111)101-123-127(117,118)124-103-106(125-109(114)97-94-91-88-85-82-79-76-73-70-67-64-61-56-45-42-39-36-33-30-27-24-21-18-15-12-9-6-3)102-120-108(113)96-93-90-87-84-81-78-75-72-69-66-63-60-58-54-52-49-47-44-41-38-35-32-29-26-23-20-17-14-11-8-5-2/h7-12,16-21,25-30,34-39,43-47,50-51,56,104-106,110-111H,4-6,13-15,22-24,31-33,40-42,48-49,52-55,57-103H2,1-3H3,(H,115,116)(H,117,118)/b10-7-,11-8-,12-9-,19-16-,20-17-,21-18-,28-25-,29-26-,30-27-,37-34-,38-35-,39-36-,46-43-,47-44-,51-50-,56-45-. The van der Waals surface area contributed by atoms with E-state index >= 15 is 0 Å². The Morgan fingerprint density at radius 3 is 0.622 bits per heavy atom. The molecular weight excluding hydrogens is 1630 g/mol. The lowest BCUT2D eigenvalue weighted by Crippen LogP contribution is -2.30. The van der Waals surface area contributed by atoms with Crippen molar-refractivity contribution in [3.05, 3.63) is 194 Å². The maximum Gasteiger partial charge on any atom is 0.472 e. The molecule has 726 valence electrons. The lowest BCUT2D eigenvalue weighted by Gasteiger charge is -2.21. The van der Waals surface area contributed by atoms with Gasteiger partial charge in [0.1, 0.15) is 25.4 Å². The summed E-state index contributed by atoms with van der Waals surface area (Å²) in [6.45, 7) is 2.40. The molecule has 4 N–H and O–H groups in total. The number of aliphatic hydroxyl groups is 2. The monoisotopic (exact) mass is 1810 g/mol. The van der Waals surface area contributed by atoms with Gasteiger partial charge < -0.3 is 34.2 Å². The first-order valence-corrected chi connectivity index (χ1v) is 53.7. The van der Waals surface area contributed by atoms with Gasteiger partial charge in [-0.05, 0) is 161 Å². The van der Waals surface area contributed by atoms with Crippen molar-refractivity contribution in [2.24, 2.45) is 0 Å². The third-order valence-corrected chi connectivity index (χ3v) is 23.2. The topological polar surface area (TPSA) is 231 Å². The molecule has 0 aromatic carbocycles. The molecule has 0 amide bonds. The van der Waals surface area contributed by atoms with Crippen LogP contribution in [0.4, 0.5) is 0 Å². The fraction of sp³-hybridized carbons (Fsp3) is 0.679. The average Bonchev–Trinajstić information content (AvgIpc) is 0.899. The van der Waals surface area contributed by atoms with E-state index in [1.165, 1.54) is 180 Å². The van der Waals surface area contributed by atoms with Crippen molar-refractivity contribution in [1.29, 1.82) is 0 Å². The third-order valence-electron chi connectivity index (χ3n) is 21.3. The highest BCUT2D eigenvalue weighted by Crippen LogP contribution is 2.45. The molecule has 0 aliphatic rings. The van der Waals surface area contributed by atoms with E-state index in [1.54, 1.807) is 0 Å². The van der Waals surface area contributed by atoms with Crippen molar-refractivity contribution < 1.29 is 75.8 Å². The molecule has 0 radical (unpaired) electrons. The number of aliphatic hydroxyl groups excluding tert-OH is 2. The molecule has 0 bridgehead atoms. The van der Waals surface area contributed by atoms with Gasteiger partial charge in [0.05, 0.1) is 26.4 Å². The molecule has 0 aliphatic carbocycles. The van der Waals surface area contributed by atoms with Gasteiger partial charge in [-0.25, -0.2) is 9.13 Å². The molecule has 0 fully saturated rings. The van der Waals surface area contributed by atoms with Crippen molar-refractivity contribution in [2.75, 3.05) is 39.6 Å². The van der Waals surface area contributed by atoms with Gasteiger partial charge in [0.15, 0.2) is 6.10 Å². The molecule has 0 rings (SSSR count). The average molecular weight is 1810 g/mol. The Balaban J connectivity index is 4.62. The highest BCUT2D eigenvalue weighted by atomic mass is 31.2. The van der Waals surface area contributed by atoms with Crippen LogP contribution in [-0.2, 0) is 55.8 Å². The van der Waals surface area contributed by atoms with Gasteiger partial charge in [-0.3, -0.25) is 32.5 Å². The second kappa shape index (κ2) is 99.4. The van der Waals surface area contributed by atoms with Crippen LogP contribution >= 0.6 is 15.6 Å². The van der Waals surface area contributed by atoms with Gasteiger partial charge >= 0.3 is 33.6 Å². The van der Waals surface area contributed by atoms with Crippen molar-refractivity contribution in [3.8, 4) is 0 Å². The first kappa shape index (κ1) is 121. The van der Waals surface area contributed by atoms with Crippen molar-refractivity contribution in [3.63, 3.8) is 0 Å². The van der Waals surface area contributed by atoms with Gasteiger partial charge in [-0.2, -0.15) is 0 Å². The van der Waals surface area contributed by atoms with Crippen LogP contribution in [0.2, 0.25) is 0 Å². The number of phosphoric ester groups is 2. The molecule has 0 aromatic rings. The van der Waals surface area contributed by atoms with E-state index < -0.39 is 91.5 Å². The number of rotatable bonds is 95. The smallest absolute Gasteiger partial charge is 0.463 e. The Labute approximate surface area is 776 Å². The zero-order valence-electron chi connectivity index (χ0n) is 80.4. The molecule has 18 heteroatoms. The first-order valence-electron chi connectivity index (χ1n) is 50.7. The molecule has 0 aromatic heterocycles. The molecule has 127 heavy (non-hydrogen) atoms. The van der Waals surface area contributed by atoms with Crippen LogP contribution in [0.5, 0.6) is 0 Å². The molecule has 0 heterocycles. The van der Waals surface area contributed by atoms with E-state index in [0.29, 0.717) is 19.3 Å². The van der Waals surface area contributed by atoms with Crippen molar-refractivity contribution in [1.82, 2.24) is 0 Å². The number of carbonyl (C=O) groups excluding carboxylic acids is 3. The summed E-state index contributed by atoms with van der Waals surface area (Å²) < 4.78 is 61.7. The number of carbonyl (C=O) groups is 3. The summed E-state index contributed by atoms with van der Waals surface area (Å²) in [7, 11) is -9.82. The Morgan fingerprint density at radius 2 is 0.394 bits per heavy atom. The van der Waals surface area contributed by atoms with E-state index in [9.17, 15) is 43.5 Å². The summed E-state index contributed by atoms with van der Waals surface area (Å²) in [5.74, 6) is -1.57. The van der Waals surface area contributed by atoms with Crippen LogP contribution in [0.15, 0.2) is 194 Å². The lowest BCUT2D eigenvalue weighted by atomic mass is 10.0. The summed E-state index contributed by atoms with van der Waals surface area (Å²) in [6, 6.07) is 0. The van der Waals surface area contributed by atoms with Crippen LogP contribution in [0.1, 0.15) is 419 Å². The van der Waals surface area contributed by atoms with Crippen molar-refractivity contribution in [2.45, 2.75) is 437 Å². The molecule has 16 nitrogen and oxygen atoms in total. The predicted molar refractivity (Wildman–Crippen MR) is 537 cm³/mol. The van der Waals surface area contributed by atoms with E-state index in [1.807, 2.05) is 0 Å². The fourth-order valence-corrected chi connectivity index (χ4v) is 15.3. The number of allylic oxidation sites excluding steroid dienone is 32. The zero-order chi connectivity index (χ0) is 92.1. The van der Waals surface area contributed by atoms with Crippen LogP contribution < -0.4 is 0 Å². The minimum Gasteiger partial charge on any atom is -0.463 e. The van der Waals surface area contributed by atoms with Gasteiger partial charge in [0.25, 0.3) is 0 Å². The Morgan fingerprint density at radius 1 is 0.220 bits per heavy atom. The molecule has 0 saturated heterocycles. The number of hydrogen-bond donors (Lipinski definition) is 4. The van der Waals surface area contributed by atoms with Crippen LogP contribution in [0.25, 0.3) is 0 Å². The first-order chi connectivity index (χ1) is 62.2. The normalized spacial score (nSPS) is 14.5. The lowest BCUT2D eigenvalue weighted by molar-refractivity contribution is -0.161. The summed E-state index contributed by atoms with van der Waals surface area (Å²) >= 11 is 0. The maximum atomic E-state index is 13.1.